The lowest BCUT2D eigenvalue weighted by Gasteiger charge is -2.17. The number of ether oxygens (including phenoxy) is 1. The first-order chi connectivity index (χ1) is 12.2. The van der Waals surface area contributed by atoms with Gasteiger partial charge in [-0.1, -0.05) is 6.92 Å². The second-order valence-electron chi connectivity index (χ2n) is 5.65. The first-order valence-electron chi connectivity index (χ1n) is 7.80. The van der Waals surface area contributed by atoms with Gasteiger partial charge in [0.05, 0.1) is 20.3 Å². The van der Waals surface area contributed by atoms with Crippen LogP contribution < -0.4 is 10.1 Å². The normalized spacial score (nSPS) is 12.1. The Kier molecular flexibility index (Phi) is 9.14. The zero-order valence-corrected chi connectivity index (χ0v) is 22.7. The molecule has 0 aliphatic heterocycles. The smallest absolute Gasteiger partial charge is 0.154 e. The summed E-state index contributed by atoms with van der Waals surface area (Å²) in [6, 6.07) is 7.58. The Bertz CT molecular complexity index is 780. The van der Waals surface area contributed by atoms with E-state index in [-0.39, 0.29) is 17.6 Å². The fourth-order valence-corrected chi connectivity index (χ4v) is 6.22. The molecule has 0 amide bonds. The van der Waals surface area contributed by atoms with E-state index in [1.165, 1.54) is 0 Å². The molecule has 26 heavy (non-hydrogen) atoms. The van der Waals surface area contributed by atoms with Gasteiger partial charge in [0.15, 0.2) is 5.75 Å². The number of phenolic OH excluding ortho intramolecular Hbond substituents is 1. The van der Waals surface area contributed by atoms with Crippen LogP contribution in [0.15, 0.2) is 24.3 Å². The predicted octanol–water partition coefficient (Wildman–Crippen LogP) is 5.71. The van der Waals surface area contributed by atoms with E-state index in [0.717, 1.165) is 32.1 Å². The monoisotopic (exact) mass is 803 g/mol. The van der Waals surface area contributed by atoms with Crippen LogP contribution in [0, 0.1) is 14.3 Å². The number of aromatic hydroxyl groups is 1. The van der Waals surface area contributed by atoms with Crippen LogP contribution in [-0.4, -0.2) is 23.5 Å². The Morgan fingerprint density at radius 3 is 2.08 bits per heavy atom. The van der Waals surface area contributed by atoms with Crippen molar-refractivity contribution < 1.29 is 14.6 Å². The summed E-state index contributed by atoms with van der Waals surface area (Å²) in [5.41, 5.74) is 1.10. The van der Waals surface area contributed by atoms with E-state index in [9.17, 15) is 9.90 Å². The van der Waals surface area contributed by atoms with Crippen molar-refractivity contribution in [3.63, 3.8) is 0 Å². The Labute approximate surface area is 207 Å². The first kappa shape index (κ1) is 22.9. The highest BCUT2D eigenvalue weighted by molar-refractivity contribution is 14.1. The molecule has 8 heteroatoms. The summed E-state index contributed by atoms with van der Waals surface area (Å²) in [6.45, 7) is 4.38. The number of carbonyl (C=O) groups excluding carboxylic acids is 1. The van der Waals surface area contributed by atoms with Crippen LogP contribution in [0.25, 0.3) is 0 Å². The molecular formula is C18H17I4NO3. The average molecular weight is 803 g/mol. The maximum Gasteiger partial charge on any atom is 0.154 e. The number of rotatable bonds is 7. The van der Waals surface area contributed by atoms with Crippen molar-refractivity contribution in [2.75, 3.05) is 6.54 Å². The number of phenols is 1. The molecule has 1 unspecified atom stereocenters. The van der Waals surface area contributed by atoms with E-state index in [2.05, 4.69) is 108 Å². The van der Waals surface area contributed by atoms with Gasteiger partial charge in [-0.3, -0.25) is 4.79 Å². The van der Waals surface area contributed by atoms with E-state index >= 15 is 0 Å². The fourth-order valence-electron chi connectivity index (χ4n) is 2.39. The van der Waals surface area contributed by atoms with Gasteiger partial charge in [0.25, 0.3) is 0 Å². The third-order valence-corrected chi connectivity index (χ3v) is 6.90. The molecule has 1 atom stereocenters. The quantitative estimate of drug-likeness (QED) is 0.353. The largest absolute Gasteiger partial charge is 0.506 e. The molecule has 0 radical (unpaired) electrons. The molecule has 0 aliphatic rings. The molecular weight excluding hydrogens is 786 g/mol. The van der Waals surface area contributed by atoms with Crippen LogP contribution in [0.3, 0.4) is 0 Å². The molecule has 0 bridgehead atoms. The summed E-state index contributed by atoms with van der Waals surface area (Å²) in [4.78, 5) is 11.8. The lowest BCUT2D eigenvalue weighted by molar-refractivity contribution is -0.118. The summed E-state index contributed by atoms with van der Waals surface area (Å²) in [6.07, 6.45) is 0.657. The second kappa shape index (κ2) is 10.4. The molecule has 2 N–H and O–H groups in total. The minimum atomic E-state index is -0.168. The van der Waals surface area contributed by atoms with Gasteiger partial charge >= 0.3 is 0 Å². The van der Waals surface area contributed by atoms with Crippen LogP contribution in [0.1, 0.15) is 19.4 Å². The van der Waals surface area contributed by atoms with Crippen molar-refractivity contribution in [1.29, 1.82) is 0 Å². The van der Waals surface area contributed by atoms with Crippen LogP contribution in [0.4, 0.5) is 0 Å². The zero-order chi connectivity index (χ0) is 19.4. The molecule has 4 nitrogen and oxygen atoms in total. The van der Waals surface area contributed by atoms with E-state index in [1.807, 2.05) is 19.1 Å². The molecule has 140 valence electrons. The predicted molar refractivity (Wildman–Crippen MR) is 137 cm³/mol. The zero-order valence-electron chi connectivity index (χ0n) is 14.1. The van der Waals surface area contributed by atoms with Gasteiger partial charge < -0.3 is 15.2 Å². The van der Waals surface area contributed by atoms with E-state index in [0.29, 0.717) is 12.2 Å². The molecule has 0 heterocycles. The van der Waals surface area contributed by atoms with Gasteiger partial charge in [-0.2, -0.15) is 0 Å². The number of nitrogens with one attached hydrogen (secondary N) is 1. The highest BCUT2D eigenvalue weighted by atomic mass is 127. The van der Waals surface area contributed by atoms with Gasteiger partial charge in [-0.05, 0) is 140 Å². The molecule has 2 rings (SSSR count). The van der Waals surface area contributed by atoms with Crippen LogP contribution in [0.2, 0.25) is 0 Å². The molecule has 2 aromatic rings. The topological polar surface area (TPSA) is 58.6 Å². The van der Waals surface area contributed by atoms with Crippen molar-refractivity contribution in [2.45, 2.75) is 26.3 Å². The maximum absolute atomic E-state index is 11.8. The van der Waals surface area contributed by atoms with Crippen LogP contribution in [0.5, 0.6) is 17.2 Å². The van der Waals surface area contributed by atoms with Gasteiger partial charge in [0, 0.05) is 0 Å². The standard InChI is InChI=1S/C18H17I4NO3/c1-3-23-16(9(2)24)6-10-4-14(21)18(15(22)5-10)26-11-7-12(19)17(25)13(20)8-11/h4-5,7-8,16,23,25H,3,6H2,1-2H3. The van der Waals surface area contributed by atoms with E-state index < -0.39 is 0 Å². The summed E-state index contributed by atoms with van der Waals surface area (Å²) >= 11 is 8.70. The summed E-state index contributed by atoms with van der Waals surface area (Å²) in [5.74, 6) is 1.90. The Hall–Kier alpha value is 0.590. The van der Waals surface area contributed by atoms with Crippen molar-refractivity contribution in [3.8, 4) is 17.2 Å². The molecule has 2 aromatic carbocycles. The number of carbonyl (C=O) groups is 1. The van der Waals surface area contributed by atoms with Gasteiger partial charge in [0.2, 0.25) is 0 Å². The third-order valence-electron chi connectivity index (χ3n) is 3.65. The highest BCUT2D eigenvalue weighted by Gasteiger charge is 2.17. The molecule has 0 saturated carbocycles. The highest BCUT2D eigenvalue weighted by Crippen LogP contribution is 2.36. The maximum atomic E-state index is 11.8. The van der Waals surface area contributed by atoms with Crippen molar-refractivity contribution >= 4 is 96.1 Å². The van der Waals surface area contributed by atoms with E-state index in [1.54, 1.807) is 6.92 Å². The van der Waals surface area contributed by atoms with Gasteiger partial charge in [0.1, 0.15) is 17.3 Å². The molecule has 0 spiro atoms. The number of hydrogen-bond donors (Lipinski definition) is 2. The van der Waals surface area contributed by atoms with Gasteiger partial charge in [-0.15, -0.1) is 0 Å². The average Bonchev–Trinajstić information content (AvgIpc) is 2.55. The van der Waals surface area contributed by atoms with Gasteiger partial charge in [-0.25, -0.2) is 0 Å². The van der Waals surface area contributed by atoms with Crippen molar-refractivity contribution in [2.24, 2.45) is 0 Å². The third kappa shape index (κ3) is 6.04. The second-order valence-corrected chi connectivity index (χ2v) is 10.3. The Balaban J connectivity index is 2.28. The van der Waals surface area contributed by atoms with Crippen molar-refractivity contribution in [3.05, 3.63) is 44.1 Å². The number of likely N-dealkylation sites (N-methyl/N-ethyl adjacent to an activating group) is 1. The number of benzene rings is 2. The van der Waals surface area contributed by atoms with Crippen LogP contribution in [-0.2, 0) is 11.2 Å². The number of halogens is 4. The lowest BCUT2D eigenvalue weighted by atomic mass is 10.0. The number of Topliss-reactive ketones (excluding diaryl/α,β-unsaturated/α-hetero) is 1. The Morgan fingerprint density at radius 1 is 1.08 bits per heavy atom. The van der Waals surface area contributed by atoms with E-state index in [4.69, 9.17) is 4.74 Å². The summed E-state index contributed by atoms with van der Waals surface area (Å²) in [7, 11) is 0. The minimum Gasteiger partial charge on any atom is -0.506 e. The first-order valence-corrected chi connectivity index (χ1v) is 12.1. The molecule has 0 saturated heterocycles. The summed E-state index contributed by atoms with van der Waals surface area (Å²) in [5, 5.41) is 13.1. The summed E-state index contributed by atoms with van der Waals surface area (Å²) < 4.78 is 9.57. The molecule has 0 fully saturated rings. The molecule has 0 aromatic heterocycles. The fraction of sp³-hybridized carbons (Fsp3) is 0.278. The SMILES string of the molecule is CCNC(Cc1cc(I)c(Oc2cc(I)c(O)c(I)c2)c(I)c1)C(C)=O. The number of hydrogen-bond acceptors (Lipinski definition) is 4. The van der Waals surface area contributed by atoms with Crippen LogP contribution >= 0.6 is 90.4 Å². The van der Waals surface area contributed by atoms with Crippen molar-refractivity contribution in [1.82, 2.24) is 5.32 Å². The number of ketones is 1. The Morgan fingerprint density at radius 2 is 1.62 bits per heavy atom. The molecule has 0 aliphatic carbocycles. The minimum absolute atomic E-state index is 0.144. The lowest BCUT2D eigenvalue weighted by Crippen LogP contribution is -2.37.